The van der Waals surface area contributed by atoms with Crippen LogP contribution in [0.1, 0.15) is 0 Å². The topological polar surface area (TPSA) is 92.3 Å². The maximum absolute atomic E-state index is 5.72. The molecule has 0 aromatic carbocycles. The zero-order valence-electron chi connectivity index (χ0n) is 15.6. The SMILES string of the molecule is CO[Si](OC)(OC)C(O[Si])([Si](OC)(OC)OC)[Si](OC)(OC)OC. The highest BCUT2D eigenvalue weighted by molar-refractivity contribution is 7.02. The molecule has 0 rings (SSSR count). The van der Waals surface area contributed by atoms with Gasteiger partial charge < -0.3 is 44.3 Å². The average Bonchev–Trinajstić information content (AvgIpc) is 2.65. The fraction of sp³-hybridized carbons (Fsp3) is 1.00. The molecule has 0 aliphatic rings. The Morgan fingerprint density at radius 3 is 0.708 bits per heavy atom. The van der Waals surface area contributed by atoms with E-state index in [2.05, 4.69) is 10.5 Å². The van der Waals surface area contributed by atoms with Crippen molar-refractivity contribution in [2.24, 2.45) is 0 Å². The van der Waals surface area contributed by atoms with Gasteiger partial charge in [0, 0.05) is 64.0 Å². The van der Waals surface area contributed by atoms with E-state index in [1.54, 1.807) is 0 Å². The molecule has 14 heteroatoms. The van der Waals surface area contributed by atoms with Crippen LogP contribution in [0.2, 0.25) is 0 Å². The summed E-state index contributed by atoms with van der Waals surface area (Å²) in [6.45, 7) is 0. The van der Waals surface area contributed by atoms with Gasteiger partial charge >= 0.3 is 26.4 Å². The summed E-state index contributed by atoms with van der Waals surface area (Å²) in [6.07, 6.45) is 0. The van der Waals surface area contributed by atoms with Crippen LogP contribution in [0.3, 0.4) is 0 Å². The Bertz CT molecular complexity index is 286. The Kier molecular flexibility index (Phi) is 10.2. The quantitative estimate of drug-likeness (QED) is 0.349. The average molecular weight is 420 g/mol. The number of hydrogen-bond donors (Lipinski definition) is 0. The number of hydrogen-bond acceptors (Lipinski definition) is 10. The van der Waals surface area contributed by atoms with Gasteiger partial charge in [-0.1, -0.05) is 0 Å². The highest BCUT2D eigenvalue weighted by Gasteiger charge is 2.90. The van der Waals surface area contributed by atoms with Crippen LogP contribution in [-0.2, 0) is 44.3 Å². The van der Waals surface area contributed by atoms with Gasteiger partial charge in [-0.05, 0) is 0 Å². The van der Waals surface area contributed by atoms with Gasteiger partial charge in [0.15, 0.2) is 0 Å². The molecule has 10 nitrogen and oxygen atoms in total. The van der Waals surface area contributed by atoms with Gasteiger partial charge in [0.1, 0.15) is 0 Å². The maximum atomic E-state index is 5.72. The summed E-state index contributed by atoms with van der Waals surface area (Å²) in [5, 5.41) is 0. The smallest absolute Gasteiger partial charge is 0.403 e. The first-order valence-electron chi connectivity index (χ1n) is 6.67. The van der Waals surface area contributed by atoms with E-state index in [4.69, 9.17) is 44.3 Å². The van der Waals surface area contributed by atoms with Crippen LogP contribution in [-0.4, -0.2) is 105 Å². The van der Waals surface area contributed by atoms with E-state index in [0.29, 0.717) is 0 Å². The van der Waals surface area contributed by atoms with Gasteiger partial charge in [-0.2, -0.15) is 0 Å². The Balaban J connectivity index is 7.11. The summed E-state index contributed by atoms with van der Waals surface area (Å²) in [5.41, 5.74) is 0. The lowest BCUT2D eigenvalue weighted by Gasteiger charge is -2.52. The van der Waals surface area contributed by atoms with Crippen molar-refractivity contribution in [3.63, 3.8) is 0 Å². The molecule has 0 unspecified atom stereocenters. The van der Waals surface area contributed by atoms with Crippen molar-refractivity contribution < 1.29 is 44.3 Å². The van der Waals surface area contributed by atoms with Crippen molar-refractivity contribution in [1.82, 2.24) is 0 Å². The molecular formula is C10H27O10Si4. The van der Waals surface area contributed by atoms with Gasteiger partial charge in [-0.15, -0.1) is 0 Å². The molecule has 0 fully saturated rings. The van der Waals surface area contributed by atoms with Crippen molar-refractivity contribution in [3.8, 4) is 0 Å². The molecule has 24 heavy (non-hydrogen) atoms. The molecule has 0 spiro atoms. The molecule has 0 N–H and O–H groups in total. The summed E-state index contributed by atoms with van der Waals surface area (Å²) >= 11 is 0. The molecule has 0 aromatic rings. The van der Waals surface area contributed by atoms with Crippen molar-refractivity contribution in [1.29, 1.82) is 0 Å². The van der Waals surface area contributed by atoms with E-state index < -0.39 is 30.9 Å². The van der Waals surface area contributed by atoms with E-state index in [-0.39, 0.29) is 0 Å². The minimum atomic E-state index is -3.79. The van der Waals surface area contributed by atoms with Crippen LogP contribution in [0.5, 0.6) is 0 Å². The molecule has 0 saturated heterocycles. The summed E-state index contributed by atoms with van der Waals surface area (Å²) in [7, 11) is 4.34. The third-order valence-electron chi connectivity index (χ3n) is 3.87. The Morgan fingerprint density at radius 2 is 0.625 bits per heavy atom. The van der Waals surface area contributed by atoms with E-state index in [1.165, 1.54) is 64.0 Å². The Hall–Kier alpha value is 0.468. The predicted octanol–water partition coefficient (Wildman–Crippen LogP) is -0.923. The van der Waals surface area contributed by atoms with Gasteiger partial charge in [0.25, 0.3) is 4.47 Å². The standard InChI is InChI=1S/C10H27O10Si4/c1-11-22(12-2,13-3)10(20-21,23(14-4,15-5)16-6)24(17-7,18-8)19-9/h1-9H3. The van der Waals surface area contributed by atoms with E-state index in [9.17, 15) is 0 Å². The van der Waals surface area contributed by atoms with Crippen molar-refractivity contribution in [3.05, 3.63) is 0 Å². The molecule has 3 radical (unpaired) electrons. The molecule has 0 heterocycles. The first kappa shape index (κ1) is 24.5. The summed E-state index contributed by atoms with van der Waals surface area (Å²) in [6, 6.07) is 0. The summed E-state index contributed by atoms with van der Waals surface area (Å²) in [5.74, 6) is 0. The second kappa shape index (κ2) is 9.97. The Labute approximate surface area is 150 Å². The molecule has 0 amide bonds. The largest absolute Gasteiger partial charge is 0.542 e. The lowest BCUT2D eigenvalue weighted by atomic mass is 11.6. The molecule has 0 aliphatic heterocycles. The van der Waals surface area contributed by atoms with Gasteiger partial charge in [-0.25, -0.2) is 0 Å². The van der Waals surface area contributed by atoms with E-state index in [0.717, 1.165) is 0 Å². The monoisotopic (exact) mass is 419 g/mol. The zero-order chi connectivity index (χ0) is 19.1. The first-order chi connectivity index (χ1) is 11.4. The van der Waals surface area contributed by atoms with Gasteiger partial charge in [0.2, 0.25) is 10.5 Å². The van der Waals surface area contributed by atoms with Crippen LogP contribution in [0.15, 0.2) is 0 Å². The van der Waals surface area contributed by atoms with Crippen molar-refractivity contribution in [2.75, 3.05) is 64.0 Å². The minimum Gasteiger partial charge on any atom is -0.403 e. The van der Waals surface area contributed by atoms with Gasteiger partial charge in [-0.3, -0.25) is 0 Å². The van der Waals surface area contributed by atoms with Crippen molar-refractivity contribution >= 4 is 36.9 Å². The molecule has 0 aromatic heterocycles. The van der Waals surface area contributed by atoms with Crippen molar-refractivity contribution in [2.45, 2.75) is 4.47 Å². The Morgan fingerprint density at radius 1 is 0.458 bits per heavy atom. The van der Waals surface area contributed by atoms with Gasteiger partial charge in [0.05, 0.1) is 0 Å². The zero-order valence-corrected chi connectivity index (χ0v) is 19.6. The lowest BCUT2D eigenvalue weighted by molar-refractivity contribution is -0.0229. The predicted molar refractivity (Wildman–Crippen MR) is 89.9 cm³/mol. The molecule has 0 bridgehead atoms. The molecule has 0 atom stereocenters. The second-order valence-electron chi connectivity index (χ2n) is 4.29. The van der Waals surface area contributed by atoms with Crippen LogP contribution in [0.25, 0.3) is 0 Å². The number of rotatable bonds is 13. The van der Waals surface area contributed by atoms with Crippen LogP contribution >= 0.6 is 0 Å². The second-order valence-corrected chi connectivity index (χ2v) is 15.1. The lowest BCUT2D eigenvalue weighted by Crippen LogP contribution is -2.90. The molecular weight excluding hydrogens is 392 g/mol. The fourth-order valence-corrected chi connectivity index (χ4v) is 18.4. The molecule has 0 aliphatic carbocycles. The minimum absolute atomic E-state index is 1.40. The summed E-state index contributed by atoms with van der Waals surface area (Å²) < 4.78 is 54.8. The third-order valence-corrected chi connectivity index (χ3v) is 18.0. The fourth-order valence-electron chi connectivity index (χ4n) is 2.79. The van der Waals surface area contributed by atoms with E-state index >= 15 is 0 Å². The highest BCUT2D eigenvalue weighted by atomic mass is 28.5. The van der Waals surface area contributed by atoms with Crippen LogP contribution in [0.4, 0.5) is 0 Å². The highest BCUT2D eigenvalue weighted by Crippen LogP contribution is 2.44. The summed E-state index contributed by atoms with van der Waals surface area (Å²) in [4.78, 5) is 0. The van der Waals surface area contributed by atoms with E-state index in [1.807, 2.05) is 0 Å². The normalized spacial score (nSPS) is 14.2. The van der Waals surface area contributed by atoms with Crippen LogP contribution < -0.4 is 0 Å². The molecule has 0 saturated carbocycles. The third kappa shape index (κ3) is 3.14. The van der Waals surface area contributed by atoms with Crippen LogP contribution in [0, 0.1) is 0 Å². The first-order valence-corrected chi connectivity index (χ1v) is 12.3. The molecule has 143 valence electrons. The maximum Gasteiger partial charge on any atom is 0.542 e.